The topological polar surface area (TPSA) is 81.2 Å². The first-order valence-electron chi connectivity index (χ1n) is 10.6. The van der Waals surface area contributed by atoms with E-state index < -0.39 is 11.9 Å². The van der Waals surface area contributed by atoms with Gasteiger partial charge in [-0.3, -0.25) is 15.1 Å². The number of rotatable bonds is 5. The lowest BCUT2D eigenvalue weighted by Crippen LogP contribution is -2.22. The van der Waals surface area contributed by atoms with Gasteiger partial charge in [0.2, 0.25) is 0 Å². The Kier molecular flexibility index (Phi) is 5.64. The summed E-state index contributed by atoms with van der Waals surface area (Å²) in [5.74, 6) is -0.902. The van der Waals surface area contributed by atoms with Crippen molar-refractivity contribution in [2.45, 2.75) is 25.7 Å². The summed E-state index contributed by atoms with van der Waals surface area (Å²) in [6.07, 6.45) is 3.73. The van der Waals surface area contributed by atoms with Crippen LogP contribution in [-0.4, -0.2) is 28.5 Å². The number of carbonyl (C=O) groups is 2. The molecule has 2 aromatic carbocycles. The second-order valence-electron chi connectivity index (χ2n) is 7.66. The molecule has 0 saturated heterocycles. The summed E-state index contributed by atoms with van der Waals surface area (Å²) < 4.78 is 5.43. The van der Waals surface area contributed by atoms with E-state index in [2.05, 4.69) is 10.3 Å². The molecule has 0 bridgehead atoms. The molecule has 0 radical (unpaired) electrons. The third-order valence-corrected chi connectivity index (χ3v) is 6.29. The maximum absolute atomic E-state index is 13.0. The molecule has 2 heterocycles. The van der Waals surface area contributed by atoms with E-state index in [0.717, 1.165) is 59.1 Å². The number of hydrogen-bond donors (Lipinski definition) is 1. The van der Waals surface area contributed by atoms with Gasteiger partial charge in [0.15, 0.2) is 11.7 Å². The fourth-order valence-corrected chi connectivity index (χ4v) is 4.77. The van der Waals surface area contributed by atoms with Crippen molar-refractivity contribution in [3.8, 4) is 11.3 Å². The number of hydrogen-bond acceptors (Lipinski definition) is 6. The average molecular weight is 444 g/mol. The van der Waals surface area contributed by atoms with Crippen LogP contribution in [0.15, 0.2) is 60.0 Å². The Bertz CT molecular complexity index is 1300. The molecule has 4 aromatic rings. The van der Waals surface area contributed by atoms with Crippen LogP contribution in [0.3, 0.4) is 0 Å². The van der Waals surface area contributed by atoms with Crippen LogP contribution in [0.2, 0.25) is 0 Å². The Morgan fingerprint density at radius 2 is 1.75 bits per heavy atom. The van der Waals surface area contributed by atoms with E-state index in [9.17, 15) is 9.59 Å². The van der Waals surface area contributed by atoms with Crippen molar-refractivity contribution in [1.29, 1.82) is 0 Å². The highest BCUT2D eigenvalue weighted by molar-refractivity contribution is 7.14. The highest BCUT2D eigenvalue weighted by Gasteiger charge is 2.24. The minimum atomic E-state index is -0.485. The van der Waals surface area contributed by atoms with E-state index in [4.69, 9.17) is 9.72 Å². The summed E-state index contributed by atoms with van der Waals surface area (Å²) in [5.41, 5.74) is 5.00. The molecule has 1 N–H and O–H groups in total. The van der Waals surface area contributed by atoms with Crippen LogP contribution in [0.25, 0.3) is 22.2 Å². The summed E-state index contributed by atoms with van der Waals surface area (Å²) in [5, 5.41) is 5.84. The first kappa shape index (κ1) is 20.3. The van der Waals surface area contributed by atoms with Crippen molar-refractivity contribution in [1.82, 2.24) is 9.97 Å². The van der Waals surface area contributed by atoms with Gasteiger partial charge in [-0.2, -0.15) is 0 Å². The van der Waals surface area contributed by atoms with Crippen LogP contribution >= 0.6 is 11.3 Å². The highest BCUT2D eigenvalue weighted by atomic mass is 32.1. The zero-order chi connectivity index (χ0) is 21.9. The van der Waals surface area contributed by atoms with Gasteiger partial charge in [0.05, 0.1) is 16.8 Å². The highest BCUT2D eigenvalue weighted by Crippen LogP contribution is 2.30. The van der Waals surface area contributed by atoms with Gasteiger partial charge in [-0.25, -0.2) is 9.78 Å². The van der Waals surface area contributed by atoms with Crippen LogP contribution in [0, 0.1) is 0 Å². The maximum Gasteiger partial charge on any atom is 0.339 e. The maximum atomic E-state index is 13.0. The molecule has 5 rings (SSSR count). The predicted molar refractivity (Wildman–Crippen MR) is 125 cm³/mol. The van der Waals surface area contributed by atoms with Gasteiger partial charge >= 0.3 is 5.97 Å². The number of aryl methyl sites for hydroxylation is 1. The molecule has 6 nitrogen and oxygen atoms in total. The van der Waals surface area contributed by atoms with Gasteiger partial charge in [0, 0.05) is 22.0 Å². The number of fused-ring (bicyclic) bond motifs is 2. The van der Waals surface area contributed by atoms with E-state index in [1.165, 1.54) is 11.3 Å². The molecule has 2 aromatic heterocycles. The molecule has 160 valence electrons. The molecule has 1 aliphatic rings. The van der Waals surface area contributed by atoms with Gasteiger partial charge in [-0.05, 0) is 37.3 Å². The van der Waals surface area contributed by atoms with Crippen LogP contribution in [0.1, 0.15) is 34.5 Å². The summed E-state index contributed by atoms with van der Waals surface area (Å²) in [7, 11) is 0. The fraction of sp³-hybridized carbons (Fsp3) is 0.200. The van der Waals surface area contributed by atoms with E-state index in [-0.39, 0.29) is 6.61 Å². The number of carbonyl (C=O) groups excluding carboxylic acids is 2. The monoisotopic (exact) mass is 443 g/mol. The number of esters is 1. The molecular weight excluding hydrogens is 422 g/mol. The van der Waals surface area contributed by atoms with Crippen molar-refractivity contribution in [2.75, 3.05) is 11.9 Å². The standard InChI is InChI=1S/C25H21N3O3S/c29-22(28-25-27-21(15-32-25)16-8-2-1-3-9-16)14-31-24(30)23-17-10-4-6-12-19(17)26-20-13-7-5-11-18(20)23/h1-4,6,8-10,12,15H,5,7,11,13-14H2,(H,27,28,29). The summed E-state index contributed by atoms with van der Waals surface area (Å²) in [6, 6.07) is 17.3. The van der Waals surface area contributed by atoms with Crippen LogP contribution in [-0.2, 0) is 22.4 Å². The average Bonchev–Trinajstić information content (AvgIpc) is 3.30. The van der Waals surface area contributed by atoms with E-state index in [0.29, 0.717) is 10.7 Å². The van der Waals surface area contributed by atoms with Crippen LogP contribution in [0.4, 0.5) is 5.13 Å². The van der Waals surface area contributed by atoms with Crippen LogP contribution < -0.4 is 5.32 Å². The molecule has 0 saturated carbocycles. The molecule has 0 atom stereocenters. The van der Waals surface area contributed by atoms with Gasteiger partial charge in [-0.15, -0.1) is 11.3 Å². The minimum Gasteiger partial charge on any atom is -0.452 e. The SMILES string of the molecule is O=C(COC(=O)c1c2c(nc3ccccc13)CCCC2)Nc1nc(-c2ccccc2)cs1. The van der Waals surface area contributed by atoms with E-state index in [1.54, 1.807) is 0 Å². The number of benzene rings is 2. The van der Waals surface area contributed by atoms with Crippen molar-refractivity contribution in [2.24, 2.45) is 0 Å². The summed E-state index contributed by atoms with van der Waals surface area (Å²) >= 11 is 1.33. The number of nitrogens with one attached hydrogen (secondary N) is 1. The van der Waals surface area contributed by atoms with Gasteiger partial charge in [0.25, 0.3) is 5.91 Å². The zero-order valence-electron chi connectivity index (χ0n) is 17.3. The van der Waals surface area contributed by atoms with Crippen molar-refractivity contribution >= 4 is 39.2 Å². The number of aromatic nitrogens is 2. The quantitative estimate of drug-likeness (QED) is 0.438. The van der Waals surface area contributed by atoms with E-state index >= 15 is 0 Å². The molecule has 0 fully saturated rings. The third kappa shape index (κ3) is 4.11. The summed E-state index contributed by atoms with van der Waals surface area (Å²) in [4.78, 5) is 34.6. The Balaban J connectivity index is 1.30. The Morgan fingerprint density at radius 3 is 2.62 bits per heavy atom. The molecule has 7 heteroatoms. The minimum absolute atomic E-state index is 0.371. The molecule has 1 aliphatic carbocycles. The summed E-state index contributed by atoms with van der Waals surface area (Å²) in [6.45, 7) is -0.371. The normalized spacial score (nSPS) is 12.9. The number of para-hydroxylation sites is 1. The Hall–Kier alpha value is -3.58. The van der Waals surface area contributed by atoms with Crippen molar-refractivity contribution in [3.05, 3.63) is 76.8 Å². The van der Waals surface area contributed by atoms with Crippen LogP contribution in [0.5, 0.6) is 0 Å². The number of ether oxygens (including phenoxy) is 1. The first-order chi connectivity index (χ1) is 15.7. The molecule has 0 unspecified atom stereocenters. The number of thiazole rings is 1. The van der Waals surface area contributed by atoms with E-state index in [1.807, 2.05) is 60.0 Å². The number of pyridine rings is 1. The Labute approximate surface area is 189 Å². The molecular formula is C25H21N3O3S. The van der Waals surface area contributed by atoms with Crippen molar-refractivity contribution in [3.63, 3.8) is 0 Å². The Morgan fingerprint density at radius 1 is 0.969 bits per heavy atom. The van der Waals surface area contributed by atoms with Gasteiger partial charge in [0.1, 0.15) is 0 Å². The number of amides is 1. The second kappa shape index (κ2) is 8.88. The molecule has 0 aliphatic heterocycles. The molecule has 32 heavy (non-hydrogen) atoms. The van der Waals surface area contributed by atoms with Gasteiger partial charge in [-0.1, -0.05) is 48.5 Å². The number of nitrogens with zero attached hydrogens (tertiary/aromatic N) is 2. The molecule has 1 amide bonds. The predicted octanol–water partition coefficient (Wildman–Crippen LogP) is 5.03. The fourth-order valence-electron chi connectivity index (χ4n) is 4.04. The largest absolute Gasteiger partial charge is 0.452 e. The second-order valence-corrected chi connectivity index (χ2v) is 8.52. The number of anilines is 1. The van der Waals surface area contributed by atoms with Crippen molar-refractivity contribution < 1.29 is 14.3 Å². The first-order valence-corrected chi connectivity index (χ1v) is 11.5. The lowest BCUT2D eigenvalue weighted by molar-refractivity contribution is -0.119. The lowest BCUT2D eigenvalue weighted by atomic mass is 9.90. The van der Waals surface area contributed by atoms with Gasteiger partial charge < -0.3 is 4.74 Å². The smallest absolute Gasteiger partial charge is 0.339 e. The third-order valence-electron chi connectivity index (χ3n) is 5.53. The molecule has 0 spiro atoms. The lowest BCUT2D eigenvalue weighted by Gasteiger charge is -2.19. The zero-order valence-corrected chi connectivity index (χ0v) is 18.2.